The summed E-state index contributed by atoms with van der Waals surface area (Å²) in [6, 6.07) is 13.2. The average Bonchev–Trinajstić information content (AvgIpc) is 2.79. The maximum atomic E-state index is 12.5. The Morgan fingerprint density at radius 3 is 2.06 bits per heavy atom. The molecule has 8 heteroatoms. The monoisotopic (exact) mass is 436 g/mol. The van der Waals surface area contributed by atoms with Crippen LogP contribution in [0.3, 0.4) is 0 Å². The number of carbonyl (C=O) groups is 4. The first-order valence-electron chi connectivity index (χ1n) is 10.2. The topological polar surface area (TPSA) is 122 Å². The number of nitrogens with one attached hydrogen (secondary N) is 2. The number of aryl methyl sites for hydroxylation is 1. The molecule has 0 spiro atoms. The lowest BCUT2D eigenvalue weighted by Gasteiger charge is -2.24. The van der Waals surface area contributed by atoms with Gasteiger partial charge in [0.15, 0.2) is 6.61 Å². The third-order valence-corrected chi connectivity index (χ3v) is 5.14. The van der Waals surface area contributed by atoms with Crippen molar-refractivity contribution in [2.75, 3.05) is 17.2 Å². The molecule has 0 saturated heterocycles. The molecule has 3 N–H and O–H groups in total. The van der Waals surface area contributed by atoms with Crippen molar-refractivity contribution in [3.05, 3.63) is 71.8 Å². The highest BCUT2D eigenvalue weighted by Crippen LogP contribution is 2.27. The number of benzene rings is 2. The molecule has 2 amide bonds. The number of ether oxygens (including phenoxy) is 1. The quantitative estimate of drug-likeness (QED) is 0.452. The van der Waals surface area contributed by atoms with Crippen LogP contribution in [0.15, 0.2) is 60.7 Å². The molecule has 0 bridgehead atoms. The van der Waals surface area contributed by atoms with E-state index < -0.39 is 36.3 Å². The van der Waals surface area contributed by atoms with Gasteiger partial charge in [-0.15, -0.1) is 0 Å². The van der Waals surface area contributed by atoms with Crippen LogP contribution in [0.2, 0.25) is 0 Å². The smallest absolute Gasteiger partial charge is 0.338 e. The van der Waals surface area contributed by atoms with Crippen molar-refractivity contribution < 1.29 is 29.0 Å². The number of anilines is 2. The summed E-state index contributed by atoms with van der Waals surface area (Å²) in [7, 11) is 0. The van der Waals surface area contributed by atoms with Crippen molar-refractivity contribution in [3.63, 3.8) is 0 Å². The van der Waals surface area contributed by atoms with Gasteiger partial charge in [0.05, 0.1) is 17.4 Å². The summed E-state index contributed by atoms with van der Waals surface area (Å²) in [5, 5.41) is 14.6. The van der Waals surface area contributed by atoms with Crippen LogP contribution < -0.4 is 10.6 Å². The molecule has 1 aliphatic rings. The Hall–Kier alpha value is -3.94. The molecule has 2 aromatic rings. The molecule has 2 aromatic carbocycles. The van der Waals surface area contributed by atoms with E-state index in [9.17, 15) is 24.3 Å². The van der Waals surface area contributed by atoms with Crippen LogP contribution in [0.1, 0.15) is 28.8 Å². The minimum Gasteiger partial charge on any atom is -0.481 e. The lowest BCUT2D eigenvalue weighted by molar-refractivity contribution is -0.146. The molecular weight excluding hydrogens is 412 g/mol. The normalized spacial score (nSPS) is 17.3. The number of allylic oxidation sites excluding steroid dienone is 2. The highest BCUT2D eigenvalue weighted by Gasteiger charge is 2.33. The van der Waals surface area contributed by atoms with Gasteiger partial charge < -0.3 is 20.5 Å². The molecule has 8 nitrogen and oxygen atoms in total. The fourth-order valence-corrected chi connectivity index (χ4v) is 3.35. The zero-order valence-corrected chi connectivity index (χ0v) is 17.5. The second kappa shape index (κ2) is 10.4. The van der Waals surface area contributed by atoms with E-state index in [1.165, 1.54) is 24.3 Å². The Kier molecular flexibility index (Phi) is 7.38. The van der Waals surface area contributed by atoms with Crippen LogP contribution in [0.25, 0.3) is 0 Å². The highest BCUT2D eigenvalue weighted by atomic mass is 16.5. The summed E-state index contributed by atoms with van der Waals surface area (Å²) in [5.41, 5.74) is 2.32. The Bertz CT molecular complexity index is 1030. The van der Waals surface area contributed by atoms with E-state index in [0.717, 1.165) is 5.56 Å². The molecular formula is C24H24N2O6. The summed E-state index contributed by atoms with van der Waals surface area (Å²) < 4.78 is 5.03. The molecule has 32 heavy (non-hydrogen) atoms. The van der Waals surface area contributed by atoms with Gasteiger partial charge in [-0.1, -0.05) is 29.8 Å². The van der Waals surface area contributed by atoms with Gasteiger partial charge >= 0.3 is 11.9 Å². The molecule has 0 saturated carbocycles. The van der Waals surface area contributed by atoms with Crippen LogP contribution in [-0.4, -0.2) is 35.5 Å². The summed E-state index contributed by atoms with van der Waals surface area (Å²) in [5.74, 6) is -3.94. The van der Waals surface area contributed by atoms with Crippen molar-refractivity contribution in [3.8, 4) is 0 Å². The van der Waals surface area contributed by atoms with Crippen LogP contribution in [0.5, 0.6) is 0 Å². The maximum Gasteiger partial charge on any atom is 0.338 e. The van der Waals surface area contributed by atoms with Gasteiger partial charge in [-0.3, -0.25) is 14.4 Å². The van der Waals surface area contributed by atoms with Crippen molar-refractivity contribution >= 4 is 35.1 Å². The predicted molar refractivity (Wildman–Crippen MR) is 118 cm³/mol. The molecule has 0 fully saturated rings. The predicted octanol–water partition coefficient (Wildman–Crippen LogP) is 3.40. The zero-order valence-electron chi connectivity index (χ0n) is 17.5. The van der Waals surface area contributed by atoms with Crippen LogP contribution in [0.4, 0.5) is 11.4 Å². The molecule has 0 heterocycles. The Morgan fingerprint density at radius 2 is 1.44 bits per heavy atom. The van der Waals surface area contributed by atoms with Gasteiger partial charge in [-0.2, -0.15) is 0 Å². The standard InChI is InChI=1S/C24H24N2O6/c1-15-6-10-17(11-7-15)25-21(27)14-32-24(31)16-8-12-18(13-9-16)26-22(28)19-4-2-3-5-20(19)23(29)30/h2-3,6-13,19-20H,4-5,14H2,1H3,(H,25,27)(H,26,28)(H,29,30)/t19-,20+/m0/s1. The average molecular weight is 436 g/mol. The molecule has 2 atom stereocenters. The number of hydrogen-bond acceptors (Lipinski definition) is 5. The Labute approximate surface area is 185 Å². The summed E-state index contributed by atoms with van der Waals surface area (Å²) >= 11 is 0. The number of carboxylic acid groups (broad SMARTS) is 1. The lowest BCUT2D eigenvalue weighted by atomic mass is 9.82. The number of hydrogen-bond donors (Lipinski definition) is 3. The van der Waals surface area contributed by atoms with E-state index in [4.69, 9.17) is 4.74 Å². The number of rotatable bonds is 7. The van der Waals surface area contributed by atoms with Crippen LogP contribution in [0, 0.1) is 18.8 Å². The van der Waals surface area contributed by atoms with E-state index in [1.807, 2.05) is 19.1 Å². The molecule has 0 aromatic heterocycles. The molecule has 1 aliphatic carbocycles. The second-order valence-electron chi connectivity index (χ2n) is 7.55. The molecule has 0 aliphatic heterocycles. The van der Waals surface area contributed by atoms with E-state index in [2.05, 4.69) is 10.6 Å². The molecule has 166 valence electrons. The van der Waals surface area contributed by atoms with Crippen molar-refractivity contribution in [1.29, 1.82) is 0 Å². The fourth-order valence-electron chi connectivity index (χ4n) is 3.35. The minimum absolute atomic E-state index is 0.218. The maximum absolute atomic E-state index is 12.5. The first kappa shape index (κ1) is 22.7. The zero-order chi connectivity index (χ0) is 23.1. The van der Waals surface area contributed by atoms with Gasteiger partial charge in [0.25, 0.3) is 5.91 Å². The minimum atomic E-state index is -1.00. The van der Waals surface area contributed by atoms with Crippen molar-refractivity contribution in [2.24, 2.45) is 11.8 Å². The first-order valence-corrected chi connectivity index (χ1v) is 10.2. The van der Waals surface area contributed by atoms with E-state index in [0.29, 0.717) is 24.2 Å². The highest BCUT2D eigenvalue weighted by molar-refractivity contribution is 5.97. The first-order chi connectivity index (χ1) is 15.3. The molecule has 3 rings (SSSR count). The number of aliphatic carboxylic acids is 1. The van der Waals surface area contributed by atoms with Crippen molar-refractivity contribution in [1.82, 2.24) is 0 Å². The third kappa shape index (κ3) is 6.04. The summed E-state index contributed by atoms with van der Waals surface area (Å²) in [6.07, 6.45) is 4.25. The van der Waals surface area contributed by atoms with Crippen LogP contribution >= 0.6 is 0 Å². The lowest BCUT2D eigenvalue weighted by Crippen LogP contribution is -2.34. The summed E-state index contributed by atoms with van der Waals surface area (Å²) in [4.78, 5) is 48.0. The number of carbonyl (C=O) groups excluding carboxylic acids is 3. The number of amides is 2. The Morgan fingerprint density at radius 1 is 0.875 bits per heavy atom. The van der Waals surface area contributed by atoms with Crippen molar-refractivity contribution in [2.45, 2.75) is 19.8 Å². The largest absolute Gasteiger partial charge is 0.481 e. The van der Waals surface area contributed by atoms with Gasteiger partial charge in [0.1, 0.15) is 0 Å². The van der Waals surface area contributed by atoms with E-state index in [-0.39, 0.29) is 11.5 Å². The van der Waals surface area contributed by atoms with E-state index in [1.54, 1.807) is 24.3 Å². The van der Waals surface area contributed by atoms with Gasteiger partial charge in [0.2, 0.25) is 5.91 Å². The Balaban J connectivity index is 1.51. The van der Waals surface area contributed by atoms with Gasteiger partial charge in [-0.25, -0.2) is 4.79 Å². The fraction of sp³-hybridized carbons (Fsp3) is 0.250. The number of esters is 1. The second-order valence-corrected chi connectivity index (χ2v) is 7.55. The summed E-state index contributed by atoms with van der Waals surface area (Å²) in [6.45, 7) is 1.50. The van der Waals surface area contributed by atoms with Gasteiger partial charge in [-0.05, 0) is 56.2 Å². The third-order valence-electron chi connectivity index (χ3n) is 5.14. The van der Waals surface area contributed by atoms with Crippen LogP contribution in [-0.2, 0) is 19.1 Å². The molecule has 0 radical (unpaired) electrons. The SMILES string of the molecule is Cc1ccc(NC(=O)COC(=O)c2ccc(NC(=O)[C@H]3CC=CC[C@H]3C(=O)O)cc2)cc1. The molecule has 0 unspecified atom stereocenters. The van der Waals surface area contributed by atoms with E-state index >= 15 is 0 Å². The number of carboxylic acids is 1. The van der Waals surface area contributed by atoms with Gasteiger partial charge in [0, 0.05) is 11.4 Å².